The zero-order valence-corrected chi connectivity index (χ0v) is 22.0. The number of hydrogen-bond donors (Lipinski definition) is 0. The highest BCUT2D eigenvalue weighted by molar-refractivity contribution is 5.54. The summed E-state index contributed by atoms with van der Waals surface area (Å²) in [7, 11) is 5.03. The molecule has 3 aromatic rings. The highest BCUT2D eigenvalue weighted by Crippen LogP contribution is 2.40. The number of methoxy groups -OCH3 is 3. The molecular weight excluding hydrogens is 454 g/mol. The fourth-order valence-corrected chi connectivity index (χ4v) is 4.85. The molecule has 0 aromatic heterocycles. The summed E-state index contributed by atoms with van der Waals surface area (Å²) in [4.78, 5) is 2.51. The van der Waals surface area contributed by atoms with Gasteiger partial charge in [-0.2, -0.15) is 0 Å². The maximum absolute atomic E-state index is 6.18. The first-order valence-electron chi connectivity index (χ1n) is 12.6. The van der Waals surface area contributed by atoms with Crippen molar-refractivity contribution in [3.8, 4) is 28.7 Å². The van der Waals surface area contributed by atoms with Crippen molar-refractivity contribution in [2.75, 3.05) is 27.9 Å². The van der Waals surface area contributed by atoms with Crippen molar-refractivity contribution in [2.24, 2.45) is 0 Å². The van der Waals surface area contributed by atoms with Gasteiger partial charge < -0.3 is 23.7 Å². The normalized spacial score (nSPS) is 15.2. The van der Waals surface area contributed by atoms with Crippen LogP contribution in [0.4, 0.5) is 0 Å². The highest BCUT2D eigenvalue weighted by Gasteiger charge is 2.27. The summed E-state index contributed by atoms with van der Waals surface area (Å²) in [6, 6.07) is 19.0. The van der Waals surface area contributed by atoms with E-state index in [1.165, 1.54) is 11.1 Å². The number of benzene rings is 3. The highest BCUT2D eigenvalue weighted by atomic mass is 16.5. The van der Waals surface area contributed by atoms with Crippen LogP contribution in [0.1, 0.15) is 42.5 Å². The Kier molecular flexibility index (Phi) is 8.60. The first kappa shape index (κ1) is 25.7. The molecule has 0 fully saturated rings. The molecule has 1 atom stereocenters. The molecule has 1 unspecified atom stereocenters. The Morgan fingerprint density at radius 2 is 1.42 bits per heavy atom. The van der Waals surface area contributed by atoms with Crippen molar-refractivity contribution < 1.29 is 23.7 Å². The van der Waals surface area contributed by atoms with Gasteiger partial charge in [-0.15, -0.1) is 0 Å². The minimum absolute atomic E-state index is 0.413. The number of nitrogens with zero attached hydrogens (tertiary/aromatic N) is 1. The van der Waals surface area contributed by atoms with E-state index in [2.05, 4.69) is 48.2 Å². The van der Waals surface area contributed by atoms with Crippen molar-refractivity contribution in [3.63, 3.8) is 0 Å². The minimum Gasteiger partial charge on any atom is -0.493 e. The van der Waals surface area contributed by atoms with Crippen molar-refractivity contribution >= 4 is 0 Å². The maximum atomic E-state index is 6.18. The average Bonchev–Trinajstić information content (AvgIpc) is 2.92. The first-order chi connectivity index (χ1) is 17.6. The molecule has 0 spiro atoms. The Hall–Kier alpha value is -3.38. The molecule has 0 saturated carbocycles. The van der Waals surface area contributed by atoms with Gasteiger partial charge in [0, 0.05) is 19.1 Å². The van der Waals surface area contributed by atoms with Crippen molar-refractivity contribution in [3.05, 3.63) is 76.9 Å². The maximum Gasteiger partial charge on any atom is 0.203 e. The fourth-order valence-electron chi connectivity index (χ4n) is 4.85. The summed E-state index contributed by atoms with van der Waals surface area (Å²) in [5, 5.41) is 0. The lowest BCUT2D eigenvalue weighted by Crippen LogP contribution is -2.39. The van der Waals surface area contributed by atoms with Gasteiger partial charge in [-0.05, 0) is 66.3 Å². The zero-order valence-electron chi connectivity index (χ0n) is 22.0. The lowest BCUT2D eigenvalue weighted by molar-refractivity contribution is 0.156. The van der Waals surface area contributed by atoms with Crippen LogP contribution in [-0.4, -0.2) is 38.9 Å². The molecule has 0 saturated heterocycles. The van der Waals surface area contributed by atoms with Crippen LogP contribution in [0, 0.1) is 0 Å². The molecule has 1 heterocycles. The summed E-state index contributed by atoms with van der Waals surface area (Å²) in [5.41, 5.74) is 4.86. The Morgan fingerprint density at radius 1 is 0.750 bits per heavy atom. The molecule has 6 nitrogen and oxygen atoms in total. The first-order valence-corrected chi connectivity index (χ1v) is 12.6. The summed E-state index contributed by atoms with van der Waals surface area (Å²) >= 11 is 0. The van der Waals surface area contributed by atoms with Gasteiger partial charge in [-0.25, -0.2) is 0 Å². The summed E-state index contributed by atoms with van der Waals surface area (Å²) in [5.74, 6) is 3.60. The van der Waals surface area contributed by atoms with E-state index >= 15 is 0 Å². The topological polar surface area (TPSA) is 49.4 Å². The molecule has 6 heteroatoms. The number of rotatable bonds is 11. The number of fused-ring (bicyclic) bond motifs is 1. The molecule has 0 aliphatic carbocycles. The van der Waals surface area contributed by atoms with Crippen LogP contribution in [0.25, 0.3) is 0 Å². The van der Waals surface area contributed by atoms with Gasteiger partial charge in [0.05, 0.1) is 27.9 Å². The van der Waals surface area contributed by atoms with Gasteiger partial charge >= 0.3 is 0 Å². The lowest BCUT2D eigenvalue weighted by atomic mass is 9.91. The second-order valence-corrected chi connectivity index (χ2v) is 8.98. The quantitative estimate of drug-likeness (QED) is 0.327. The van der Waals surface area contributed by atoms with Crippen LogP contribution in [0.5, 0.6) is 28.7 Å². The predicted molar refractivity (Wildman–Crippen MR) is 142 cm³/mol. The van der Waals surface area contributed by atoms with Gasteiger partial charge in [0.1, 0.15) is 6.61 Å². The summed E-state index contributed by atoms with van der Waals surface area (Å²) in [6.45, 7) is 6.88. The van der Waals surface area contributed by atoms with E-state index in [0.717, 1.165) is 48.6 Å². The van der Waals surface area contributed by atoms with Crippen LogP contribution in [0.3, 0.4) is 0 Å². The molecule has 1 aliphatic rings. The van der Waals surface area contributed by atoms with E-state index in [9.17, 15) is 0 Å². The van der Waals surface area contributed by atoms with Crippen LogP contribution >= 0.6 is 0 Å². The molecule has 0 bridgehead atoms. The molecular formula is C30H37NO5. The fraction of sp³-hybridized carbons (Fsp3) is 0.400. The van der Waals surface area contributed by atoms with Gasteiger partial charge in [-0.3, -0.25) is 4.90 Å². The minimum atomic E-state index is 0.413. The molecule has 36 heavy (non-hydrogen) atoms. The van der Waals surface area contributed by atoms with E-state index in [0.29, 0.717) is 36.5 Å². The van der Waals surface area contributed by atoms with Crippen molar-refractivity contribution in [2.45, 2.75) is 52.4 Å². The summed E-state index contributed by atoms with van der Waals surface area (Å²) in [6.07, 6.45) is 2.01. The van der Waals surface area contributed by atoms with Crippen LogP contribution in [0.15, 0.2) is 54.6 Å². The lowest BCUT2D eigenvalue weighted by Gasteiger charge is -2.37. The molecule has 192 valence electrons. The SMILES string of the molecule is CCOc1c(OC)cc(CN2Cc3cc(OC)c(OCc4ccccc4)cc3CC2CC)cc1OC. The molecule has 1 aliphatic heterocycles. The number of hydrogen-bond acceptors (Lipinski definition) is 6. The Balaban J connectivity index is 1.57. The van der Waals surface area contributed by atoms with Gasteiger partial charge in [0.15, 0.2) is 23.0 Å². The molecule has 0 amide bonds. The van der Waals surface area contributed by atoms with Crippen LogP contribution in [0.2, 0.25) is 0 Å². The van der Waals surface area contributed by atoms with Gasteiger partial charge in [0.2, 0.25) is 5.75 Å². The third-order valence-corrected chi connectivity index (χ3v) is 6.73. The van der Waals surface area contributed by atoms with Crippen molar-refractivity contribution in [1.82, 2.24) is 4.90 Å². The second kappa shape index (κ2) is 12.0. The molecule has 0 radical (unpaired) electrons. The van der Waals surface area contributed by atoms with Crippen LogP contribution < -0.4 is 23.7 Å². The Bertz CT molecular complexity index is 1120. The average molecular weight is 492 g/mol. The Morgan fingerprint density at radius 3 is 2.03 bits per heavy atom. The molecule has 4 rings (SSSR count). The van der Waals surface area contributed by atoms with E-state index in [-0.39, 0.29) is 0 Å². The summed E-state index contributed by atoms with van der Waals surface area (Å²) < 4.78 is 28.9. The third kappa shape index (κ3) is 5.71. The zero-order chi connectivity index (χ0) is 25.5. The van der Waals surface area contributed by atoms with Gasteiger partial charge in [0.25, 0.3) is 0 Å². The van der Waals surface area contributed by atoms with Crippen LogP contribution in [-0.2, 0) is 26.1 Å². The van der Waals surface area contributed by atoms with E-state index in [4.69, 9.17) is 23.7 Å². The monoisotopic (exact) mass is 491 g/mol. The second-order valence-electron chi connectivity index (χ2n) is 8.98. The number of ether oxygens (including phenoxy) is 5. The van der Waals surface area contributed by atoms with E-state index in [1.807, 2.05) is 25.1 Å². The largest absolute Gasteiger partial charge is 0.493 e. The predicted octanol–water partition coefficient (Wildman–Crippen LogP) is 6.03. The van der Waals surface area contributed by atoms with E-state index in [1.54, 1.807) is 21.3 Å². The molecule has 3 aromatic carbocycles. The standard InChI is InChI=1S/C30H37NO5/c1-6-25-15-23-16-27(36-20-21-11-9-8-10-12-21)26(32-3)17-24(23)19-31(25)18-22-13-28(33-4)30(35-7-2)29(14-22)34-5/h8-14,16-17,25H,6-7,15,18-20H2,1-5H3. The van der Waals surface area contributed by atoms with E-state index < -0.39 is 0 Å². The van der Waals surface area contributed by atoms with Crippen molar-refractivity contribution in [1.29, 1.82) is 0 Å². The Labute approximate surface area is 214 Å². The third-order valence-electron chi connectivity index (χ3n) is 6.73. The molecule has 0 N–H and O–H groups in total. The smallest absolute Gasteiger partial charge is 0.203 e. The van der Waals surface area contributed by atoms with Gasteiger partial charge in [-0.1, -0.05) is 37.3 Å².